The highest BCUT2D eigenvalue weighted by atomic mass is 19.3. The molecule has 0 saturated carbocycles. The molecule has 4 nitrogen and oxygen atoms in total. The third-order valence-electron chi connectivity index (χ3n) is 1.44. The number of aromatic nitrogens is 3. The lowest BCUT2D eigenvalue weighted by atomic mass is 10.3. The van der Waals surface area contributed by atoms with Gasteiger partial charge in [0, 0.05) is 6.42 Å². The van der Waals surface area contributed by atoms with Crippen molar-refractivity contribution in [3.63, 3.8) is 0 Å². The van der Waals surface area contributed by atoms with E-state index in [1.165, 1.54) is 13.1 Å². The molecule has 12 heavy (non-hydrogen) atoms. The van der Waals surface area contributed by atoms with Gasteiger partial charge in [0.05, 0.1) is 6.20 Å². The maximum atomic E-state index is 12.7. The van der Waals surface area contributed by atoms with Crippen molar-refractivity contribution in [2.24, 2.45) is 0 Å². The minimum atomic E-state index is -2.76. The second kappa shape index (κ2) is 3.04. The van der Waals surface area contributed by atoms with Crippen molar-refractivity contribution >= 4 is 5.82 Å². The summed E-state index contributed by atoms with van der Waals surface area (Å²) in [6.07, 6.45) is 1.01. The molecule has 68 valence electrons. The van der Waals surface area contributed by atoms with Crippen LogP contribution in [0, 0.1) is 0 Å². The lowest BCUT2D eigenvalue weighted by Gasteiger charge is -2.11. The number of nitrogen functional groups attached to an aromatic ring is 1. The average molecular weight is 176 g/mol. The summed E-state index contributed by atoms with van der Waals surface area (Å²) in [6.45, 7) is 0.896. The predicted octanol–water partition coefficient (Wildman–Crippen LogP) is 0.906. The topological polar surface area (TPSA) is 56.7 Å². The molecule has 0 amide bonds. The molecule has 6 heteroatoms. The van der Waals surface area contributed by atoms with E-state index in [0.29, 0.717) is 0 Å². The first-order valence-electron chi connectivity index (χ1n) is 3.57. The van der Waals surface area contributed by atoms with Crippen LogP contribution in [0.25, 0.3) is 0 Å². The van der Waals surface area contributed by atoms with E-state index < -0.39 is 12.5 Å². The molecule has 0 radical (unpaired) electrons. The minimum Gasteiger partial charge on any atom is -0.381 e. The van der Waals surface area contributed by atoms with Gasteiger partial charge in [0.15, 0.2) is 5.82 Å². The molecule has 0 aromatic carbocycles. The predicted molar refractivity (Wildman–Crippen MR) is 39.7 cm³/mol. The Morgan fingerprint density at radius 2 is 2.33 bits per heavy atom. The van der Waals surface area contributed by atoms with Crippen LogP contribution in [0.1, 0.15) is 13.3 Å². The number of hydrogen-bond acceptors (Lipinski definition) is 3. The summed E-state index contributed by atoms with van der Waals surface area (Å²) in [6, 6.07) is 0. The Hall–Kier alpha value is -1.20. The SMILES string of the molecule is CCC(F)(F)Cn1ncc(N)n1. The number of hydrogen-bond donors (Lipinski definition) is 1. The van der Waals surface area contributed by atoms with E-state index in [1.54, 1.807) is 0 Å². The molecule has 1 aromatic rings. The smallest absolute Gasteiger partial charge is 0.268 e. The normalized spacial score (nSPS) is 11.9. The Labute approximate surface area is 68.4 Å². The van der Waals surface area contributed by atoms with Gasteiger partial charge in [0.1, 0.15) is 6.54 Å². The first-order chi connectivity index (χ1) is 5.53. The van der Waals surface area contributed by atoms with Crippen molar-refractivity contribution in [1.82, 2.24) is 15.0 Å². The summed E-state index contributed by atoms with van der Waals surface area (Å²) in [5.74, 6) is -2.60. The molecule has 1 heterocycles. The van der Waals surface area contributed by atoms with Gasteiger partial charge in [0.2, 0.25) is 0 Å². The van der Waals surface area contributed by atoms with E-state index >= 15 is 0 Å². The van der Waals surface area contributed by atoms with Gasteiger partial charge < -0.3 is 5.73 Å². The second-order valence-electron chi connectivity index (χ2n) is 2.51. The lowest BCUT2D eigenvalue weighted by molar-refractivity contribution is -0.0264. The summed E-state index contributed by atoms with van der Waals surface area (Å²) in [7, 11) is 0. The highest BCUT2D eigenvalue weighted by molar-refractivity contribution is 5.19. The number of rotatable bonds is 3. The van der Waals surface area contributed by atoms with Gasteiger partial charge in [-0.25, -0.2) is 8.78 Å². The Morgan fingerprint density at radius 1 is 1.67 bits per heavy atom. The molecule has 0 fully saturated rings. The van der Waals surface area contributed by atoms with E-state index in [1.807, 2.05) is 0 Å². The van der Waals surface area contributed by atoms with E-state index in [9.17, 15) is 8.78 Å². The fourth-order valence-corrected chi connectivity index (χ4v) is 0.706. The molecule has 2 N–H and O–H groups in total. The average Bonchev–Trinajstić information content (AvgIpc) is 2.35. The molecule has 0 aliphatic carbocycles. The molecule has 1 rings (SSSR count). The molecule has 1 aromatic heterocycles. The van der Waals surface area contributed by atoms with E-state index in [4.69, 9.17) is 5.73 Å². The molecule has 0 spiro atoms. The molecule has 0 bridgehead atoms. The Balaban J connectivity index is 2.63. The van der Waals surface area contributed by atoms with Gasteiger partial charge in [0.25, 0.3) is 5.92 Å². The summed E-state index contributed by atoms with van der Waals surface area (Å²) < 4.78 is 25.4. The Bertz CT molecular complexity index is 258. The van der Waals surface area contributed by atoms with Crippen molar-refractivity contribution in [2.75, 3.05) is 5.73 Å². The van der Waals surface area contributed by atoms with Crippen LogP contribution < -0.4 is 5.73 Å². The molecular weight excluding hydrogens is 166 g/mol. The monoisotopic (exact) mass is 176 g/mol. The fourth-order valence-electron chi connectivity index (χ4n) is 0.706. The van der Waals surface area contributed by atoms with Crippen molar-refractivity contribution in [1.29, 1.82) is 0 Å². The second-order valence-corrected chi connectivity index (χ2v) is 2.51. The van der Waals surface area contributed by atoms with E-state index in [-0.39, 0.29) is 12.2 Å². The number of nitrogens with two attached hydrogens (primary N) is 1. The van der Waals surface area contributed by atoms with Crippen molar-refractivity contribution in [2.45, 2.75) is 25.8 Å². The molecule has 0 saturated heterocycles. The fraction of sp³-hybridized carbons (Fsp3) is 0.667. The van der Waals surface area contributed by atoms with Crippen molar-refractivity contribution < 1.29 is 8.78 Å². The quantitative estimate of drug-likeness (QED) is 0.744. The summed E-state index contributed by atoms with van der Waals surface area (Å²) in [4.78, 5) is 0.902. The number of alkyl halides is 2. The summed E-state index contributed by atoms with van der Waals surface area (Å²) in [5.41, 5.74) is 5.20. The zero-order valence-electron chi connectivity index (χ0n) is 6.67. The number of nitrogens with zero attached hydrogens (tertiary/aromatic N) is 3. The zero-order valence-corrected chi connectivity index (χ0v) is 6.67. The highest BCUT2D eigenvalue weighted by Gasteiger charge is 2.27. The molecule has 0 aliphatic heterocycles. The summed E-state index contributed by atoms with van der Waals surface area (Å²) >= 11 is 0. The third kappa shape index (κ3) is 2.14. The van der Waals surface area contributed by atoms with Gasteiger partial charge in [-0.3, -0.25) is 0 Å². The van der Waals surface area contributed by atoms with Gasteiger partial charge in [-0.05, 0) is 0 Å². The highest BCUT2D eigenvalue weighted by Crippen LogP contribution is 2.19. The first-order valence-corrected chi connectivity index (χ1v) is 3.57. The van der Waals surface area contributed by atoms with Crippen molar-refractivity contribution in [3.8, 4) is 0 Å². The summed E-state index contributed by atoms with van der Waals surface area (Å²) in [5, 5.41) is 7.10. The molecular formula is C6H10F2N4. The standard InChI is InChI=1S/C6H10F2N4/c1-2-6(7,8)4-12-10-3-5(9)11-12/h3H,2,4H2,1H3,(H2,9,11). The maximum absolute atomic E-state index is 12.7. The van der Waals surface area contributed by atoms with Crippen LogP contribution in [0.4, 0.5) is 14.6 Å². The minimum absolute atomic E-state index is 0.155. The van der Waals surface area contributed by atoms with Gasteiger partial charge >= 0.3 is 0 Å². The van der Waals surface area contributed by atoms with Crippen LogP contribution in [0.3, 0.4) is 0 Å². The first kappa shape index (κ1) is 8.89. The van der Waals surface area contributed by atoms with Crippen LogP contribution in [-0.2, 0) is 6.54 Å². The maximum Gasteiger partial charge on any atom is 0.268 e. The van der Waals surface area contributed by atoms with Crippen LogP contribution in [0.5, 0.6) is 0 Å². The molecule has 0 unspecified atom stereocenters. The molecule has 0 aliphatic rings. The molecule has 0 atom stereocenters. The Kier molecular flexibility index (Phi) is 2.25. The number of halogens is 2. The lowest BCUT2D eigenvalue weighted by Crippen LogP contribution is -2.24. The van der Waals surface area contributed by atoms with Crippen molar-refractivity contribution in [3.05, 3.63) is 6.20 Å². The van der Waals surface area contributed by atoms with E-state index in [0.717, 1.165) is 4.80 Å². The largest absolute Gasteiger partial charge is 0.381 e. The third-order valence-corrected chi connectivity index (χ3v) is 1.44. The van der Waals surface area contributed by atoms with Gasteiger partial charge in [-0.2, -0.15) is 9.90 Å². The van der Waals surface area contributed by atoms with Gasteiger partial charge in [-0.1, -0.05) is 6.92 Å². The van der Waals surface area contributed by atoms with E-state index in [2.05, 4.69) is 10.2 Å². The van der Waals surface area contributed by atoms with Crippen LogP contribution in [0.2, 0.25) is 0 Å². The number of anilines is 1. The van der Waals surface area contributed by atoms with Gasteiger partial charge in [-0.15, -0.1) is 5.10 Å². The van der Waals surface area contributed by atoms with Crippen LogP contribution in [-0.4, -0.2) is 20.9 Å². The van der Waals surface area contributed by atoms with Crippen LogP contribution in [0.15, 0.2) is 6.20 Å². The zero-order chi connectivity index (χ0) is 9.19. The van der Waals surface area contributed by atoms with Crippen LogP contribution >= 0.6 is 0 Å². The Morgan fingerprint density at radius 3 is 2.75 bits per heavy atom.